The fourth-order valence-corrected chi connectivity index (χ4v) is 1.48. The van der Waals surface area contributed by atoms with Crippen LogP contribution in [0.25, 0.3) is 0 Å². The Kier molecular flexibility index (Phi) is 5.15. The molecular formula is C12H20N2O. The molecule has 0 spiro atoms. The van der Waals surface area contributed by atoms with Crippen LogP contribution in [0, 0.1) is 0 Å². The normalized spacial score (nSPS) is 12.5. The summed E-state index contributed by atoms with van der Waals surface area (Å²) in [7, 11) is 0. The van der Waals surface area contributed by atoms with E-state index in [1.165, 1.54) is 0 Å². The van der Waals surface area contributed by atoms with Crippen LogP contribution in [0.15, 0.2) is 24.3 Å². The van der Waals surface area contributed by atoms with Crippen LogP contribution in [0.2, 0.25) is 0 Å². The van der Waals surface area contributed by atoms with Gasteiger partial charge >= 0.3 is 0 Å². The minimum absolute atomic E-state index is 0.0872. The van der Waals surface area contributed by atoms with Gasteiger partial charge in [-0.2, -0.15) is 0 Å². The molecular weight excluding hydrogens is 188 g/mol. The quantitative estimate of drug-likeness (QED) is 0.749. The van der Waals surface area contributed by atoms with Crippen LogP contribution in [-0.4, -0.2) is 13.2 Å². The van der Waals surface area contributed by atoms with Crippen LogP contribution in [0.1, 0.15) is 31.4 Å². The van der Waals surface area contributed by atoms with Crippen molar-refractivity contribution in [1.82, 2.24) is 0 Å². The third-order valence-corrected chi connectivity index (χ3v) is 2.34. The predicted octanol–water partition coefficient (Wildman–Crippen LogP) is 1.82. The Hall–Kier alpha value is -1.06. The highest BCUT2D eigenvalue weighted by Crippen LogP contribution is 2.19. The molecule has 3 heteroatoms. The molecule has 0 aliphatic carbocycles. The first kappa shape index (κ1) is 12.0. The van der Waals surface area contributed by atoms with Gasteiger partial charge in [0.2, 0.25) is 0 Å². The van der Waals surface area contributed by atoms with E-state index < -0.39 is 0 Å². The van der Waals surface area contributed by atoms with Gasteiger partial charge in [0.05, 0.1) is 6.61 Å². The molecule has 4 N–H and O–H groups in total. The summed E-state index contributed by atoms with van der Waals surface area (Å²) in [4.78, 5) is 0. The molecule has 0 saturated heterocycles. The molecule has 1 aromatic carbocycles. The van der Waals surface area contributed by atoms with E-state index in [-0.39, 0.29) is 6.04 Å². The second-order valence-corrected chi connectivity index (χ2v) is 3.54. The fourth-order valence-electron chi connectivity index (χ4n) is 1.48. The van der Waals surface area contributed by atoms with Crippen LogP contribution in [0.4, 0.5) is 0 Å². The highest BCUT2D eigenvalue weighted by Gasteiger charge is 2.04. The van der Waals surface area contributed by atoms with Crippen molar-refractivity contribution in [3.63, 3.8) is 0 Å². The highest BCUT2D eigenvalue weighted by atomic mass is 16.5. The lowest BCUT2D eigenvalue weighted by Crippen LogP contribution is -2.12. The Morgan fingerprint density at radius 2 is 1.93 bits per heavy atom. The van der Waals surface area contributed by atoms with Gasteiger partial charge in [-0.1, -0.05) is 12.1 Å². The molecule has 0 aliphatic rings. The first-order chi connectivity index (χ1) is 7.27. The lowest BCUT2D eigenvalue weighted by atomic mass is 10.0. The Morgan fingerprint density at radius 1 is 1.27 bits per heavy atom. The average Bonchev–Trinajstić information content (AvgIpc) is 2.27. The molecule has 0 bridgehead atoms. The zero-order chi connectivity index (χ0) is 11.1. The molecule has 0 aliphatic heterocycles. The van der Waals surface area contributed by atoms with Gasteiger partial charge in [-0.3, -0.25) is 0 Å². The maximum absolute atomic E-state index is 6.01. The Balaban J connectivity index is 2.54. The predicted molar refractivity (Wildman–Crippen MR) is 62.8 cm³/mol. The minimum atomic E-state index is 0.0872. The highest BCUT2D eigenvalue weighted by molar-refractivity contribution is 5.28. The van der Waals surface area contributed by atoms with Gasteiger partial charge in [0, 0.05) is 6.04 Å². The van der Waals surface area contributed by atoms with Gasteiger partial charge < -0.3 is 16.2 Å². The van der Waals surface area contributed by atoms with Crippen LogP contribution in [0.5, 0.6) is 5.75 Å². The molecule has 0 saturated carbocycles. The summed E-state index contributed by atoms with van der Waals surface area (Å²) >= 11 is 0. The third-order valence-electron chi connectivity index (χ3n) is 2.34. The maximum Gasteiger partial charge on any atom is 0.119 e. The summed E-state index contributed by atoms with van der Waals surface area (Å²) in [5.74, 6) is 0.896. The lowest BCUT2D eigenvalue weighted by Gasteiger charge is -2.12. The summed E-state index contributed by atoms with van der Waals surface area (Å²) in [6, 6.07) is 8.05. The number of nitrogens with two attached hydrogens (primary N) is 2. The molecule has 0 radical (unpaired) electrons. The van der Waals surface area contributed by atoms with Crippen LogP contribution in [-0.2, 0) is 0 Å². The molecule has 84 valence electrons. The van der Waals surface area contributed by atoms with Crippen molar-refractivity contribution in [1.29, 1.82) is 0 Å². The third kappa shape index (κ3) is 3.90. The largest absolute Gasteiger partial charge is 0.494 e. The van der Waals surface area contributed by atoms with Gasteiger partial charge in [-0.05, 0) is 44.0 Å². The van der Waals surface area contributed by atoms with E-state index in [2.05, 4.69) is 0 Å². The standard InChI is InChI=1S/C12H20N2O/c1-2-15-11-7-5-10(6-8-11)12(14)4-3-9-13/h5-8,12H,2-4,9,13-14H2,1H3/t12-/m0/s1. The summed E-state index contributed by atoms with van der Waals surface area (Å²) in [6.07, 6.45) is 1.90. The SMILES string of the molecule is CCOc1ccc([C@@H](N)CCCN)cc1. The lowest BCUT2D eigenvalue weighted by molar-refractivity contribution is 0.340. The molecule has 1 atom stereocenters. The van der Waals surface area contributed by atoms with E-state index in [0.29, 0.717) is 13.2 Å². The Morgan fingerprint density at radius 3 is 2.47 bits per heavy atom. The average molecular weight is 208 g/mol. The van der Waals surface area contributed by atoms with Gasteiger partial charge in [0.25, 0.3) is 0 Å². The molecule has 0 aromatic heterocycles. The van der Waals surface area contributed by atoms with Gasteiger partial charge in [0.1, 0.15) is 5.75 Å². The molecule has 0 heterocycles. The van der Waals surface area contributed by atoms with Gasteiger partial charge in [-0.25, -0.2) is 0 Å². The van der Waals surface area contributed by atoms with Gasteiger partial charge in [0.15, 0.2) is 0 Å². The first-order valence-corrected chi connectivity index (χ1v) is 5.46. The molecule has 0 fully saturated rings. The number of hydrogen-bond acceptors (Lipinski definition) is 3. The van der Waals surface area contributed by atoms with Crippen LogP contribution < -0.4 is 16.2 Å². The second kappa shape index (κ2) is 6.43. The topological polar surface area (TPSA) is 61.3 Å². The number of benzene rings is 1. The molecule has 0 unspecified atom stereocenters. The molecule has 1 rings (SSSR count). The Bertz CT molecular complexity index is 271. The first-order valence-electron chi connectivity index (χ1n) is 5.46. The zero-order valence-corrected chi connectivity index (χ0v) is 9.28. The second-order valence-electron chi connectivity index (χ2n) is 3.54. The van der Waals surface area contributed by atoms with E-state index in [4.69, 9.17) is 16.2 Å². The van der Waals surface area contributed by atoms with E-state index in [1.54, 1.807) is 0 Å². The monoisotopic (exact) mass is 208 g/mol. The summed E-state index contributed by atoms with van der Waals surface area (Å²) < 4.78 is 5.36. The van der Waals surface area contributed by atoms with Crippen molar-refractivity contribution in [3.05, 3.63) is 29.8 Å². The summed E-state index contributed by atoms with van der Waals surface area (Å²) in [5.41, 5.74) is 12.6. The summed E-state index contributed by atoms with van der Waals surface area (Å²) in [5, 5.41) is 0. The smallest absolute Gasteiger partial charge is 0.119 e. The zero-order valence-electron chi connectivity index (χ0n) is 9.28. The van der Waals surface area contributed by atoms with E-state index in [1.807, 2.05) is 31.2 Å². The minimum Gasteiger partial charge on any atom is -0.494 e. The van der Waals surface area contributed by atoms with Crippen molar-refractivity contribution < 1.29 is 4.74 Å². The fraction of sp³-hybridized carbons (Fsp3) is 0.500. The molecule has 1 aromatic rings. The van der Waals surface area contributed by atoms with Crippen molar-refractivity contribution in [2.45, 2.75) is 25.8 Å². The molecule has 3 nitrogen and oxygen atoms in total. The number of ether oxygens (including phenoxy) is 1. The van der Waals surface area contributed by atoms with Crippen LogP contribution in [0.3, 0.4) is 0 Å². The van der Waals surface area contributed by atoms with Crippen molar-refractivity contribution in [3.8, 4) is 5.75 Å². The van der Waals surface area contributed by atoms with Crippen LogP contribution >= 0.6 is 0 Å². The van der Waals surface area contributed by atoms with Crippen molar-refractivity contribution in [2.75, 3.05) is 13.2 Å². The Labute approximate surface area is 91.4 Å². The van der Waals surface area contributed by atoms with Crippen molar-refractivity contribution >= 4 is 0 Å². The maximum atomic E-state index is 6.01. The van der Waals surface area contributed by atoms with E-state index >= 15 is 0 Å². The van der Waals surface area contributed by atoms with E-state index in [0.717, 1.165) is 24.2 Å². The van der Waals surface area contributed by atoms with Crippen molar-refractivity contribution in [2.24, 2.45) is 11.5 Å². The number of hydrogen-bond donors (Lipinski definition) is 2. The van der Waals surface area contributed by atoms with E-state index in [9.17, 15) is 0 Å². The number of rotatable bonds is 6. The summed E-state index contributed by atoms with van der Waals surface area (Å²) in [6.45, 7) is 3.37. The molecule has 0 amide bonds. The molecule has 15 heavy (non-hydrogen) atoms. The van der Waals surface area contributed by atoms with Gasteiger partial charge in [-0.15, -0.1) is 0 Å².